The molecule has 0 spiro atoms. The van der Waals surface area contributed by atoms with Crippen LogP contribution in [0.5, 0.6) is 0 Å². The molecule has 1 heterocycles. The minimum atomic E-state index is 0.554. The normalized spacial score (nSPS) is 15.4. The van der Waals surface area contributed by atoms with E-state index in [4.69, 9.17) is 17.0 Å². The van der Waals surface area contributed by atoms with Gasteiger partial charge in [0.15, 0.2) is 5.11 Å². The van der Waals surface area contributed by atoms with E-state index in [2.05, 4.69) is 37.8 Å². The van der Waals surface area contributed by atoms with Gasteiger partial charge in [-0.25, -0.2) is 0 Å². The predicted octanol–water partition coefficient (Wildman–Crippen LogP) is 1.27. The van der Waals surface area contributed by atoms with E-state index in [0.717, 1.165) is 57.1 Å². The van der Waals surface area contributed by atoms with Gasteiger partial charge >= 0.3 is 0 Å². The number of anilines is 1. The summed E-state index contributed by atoms with van der Waals surface area (Å²) in [6.07, 6.45) is 2.82. The van der Waals surface area contributed by atoms with Crippen LogP contribution in [0.25, 0.3) is 0 Å². The van der Waals surface area contributed by atoms with E-state index in [1.165, 1.54) is 0 Å². The highest BCUT2D eigenvalue weighted by Crippen LogP contribution is 2.10. The maximum atomic E-state index is 5.34. The Morgan fingerprint density at radius 2 is 2.00 bits per heavy atom. The molecule has 7 heteroatoms. The van der Waals surface area contributed by atoms with Crippen molar-refractivity contribution in [2.45, 2.75) is 6.42 Å². The Hall–Kier alpha value is -1.70. The molecule has 1 fully saturated rings. The molecule has 0 aromatic heterocycles. The Morgan fingerprint density at radius 3 is 2.67 bits per heavy atom. The molecule has 24 heavy (non-hydrogen) atoms. The molecular formula is C17H27N5OS. The topological polar surface area (TPSA) is 52.1 Å². The van der Waals surface area contributed by atoms with Crippen molar-refractivity contribution in [2.75, 3.05) is 58.4 Å². The van der Waals surface area contributed by atoms with Crippen molar-refractivity contribution in [3.8, 4) is 0 Å². The molecule has 1 aliphatic heterocycles. The number of nitrogens with zero attached hydrogens (tertiary/aromatic N) is 3. The van der Waals surface area contributed by atoms with Crippen LogP contribution in [0.3, 0.4) is 0 Å². The third-order valence-electron chi connectivity index (χ3n) is 3.83. The predicted molar refractivity (Wildman–Crippen MR) is 104 cm³/mol. The lowest BCUT2D eigenvalue weighted by Crippen LogP contribution is -2.39. The van der Waals surface area contributed by atoms with Crippen LogP contribution in [0, 0.1) is 0 Å². The summed E-state index contributed by atoms with van der Waals surface area (Å²) < 4.78 is 5.34. The fourth-order valence-corrected chi connectivity index (χ4v) is 2.55. The molecule has 1 aliphatic rings. The molecule has 0 atom stereocenters. The molecule has 2 N–H and O–H groups in total. The number of nitrogens with one attached hydrogen (secondary N) is 2. The Bertz CT molecular complexity index is 526. The summed E-state index contributed by atoms with van der Waals surface area (Å²) in [5.74, 6) is 0. The highest BCUT2D eigenvalue weighted by molar-refractivity contribution is 7.80. The van der Waals surface area contributed by atoms with E-state index < -0.39 is 0 Å². The second-order valence-electron chi connectivity index (χ2n) is 5.92. The van der Waals surface area contributed by atoms with E-state index in [-0.39, 0.29) is 0 Å². The van der Waals surface area contributed by atoms with Gasteiger partial charge in [0, 0.05) is 39.4 Å². The average Bonchev–Trinajstić information content (AvgIpc) is 2.60. The Kier molecular flexibility index (Phi) is 7.94. The van der Waals surface area contributed by atoms with Crippen LogP contribution in [0.1, 0.15) is 12.0 Å². The molecule has 0 bridgehead atoms. The number of hydrogen-bond acceptors (Lipinski definition) is 5. The van der Waals surface area contributed by atoms with Crippen LogP contribution in [-0.2, 0) is 4.74 Å². The van der Waals surface area contributed by atoms with E-state index in [1.54, 1.807) is 6.21 Å². The smallest absolute Gasteiger partial charge is 0.186 e. The van der Waals surface area contributed by atoms with Gasteiger partial charge in [-0.3, -0.25) is 10.3 Å². The first-order valence-electron chi connectivity index (χ1n) is 8.29. The third kappa shape index (κ3) is 6.82. The van der Waals surface area contributed by atoms with Crippen molar-refractivity contribution >= 4 is 29.2 Å². The lowest BCUT2D eigenvalue weighted by Gasteiger charge is -2.26. The summed E-state index contributed by atoms with van der Waals surface area (Å²) in [5.41, 5.74) is 5.05. The zero-order valence-electron chi connectivity index (χ0n) is 14.5. The second-order valence-corrected chi connectivity index (χ2v) is 6.33. The van der Waals surface area contributed by atoms with Crippen LogP contribution in [0.15, 0.2) is 29.4 Å². The zero-order valence-corrected chi connectivity index (χ0v) is 15.3. The van der Waals surface area contributed by atoms with Crippen LogP contribution in [0.2, 0.25) is 0 Å². The first-order valence-corrected chi connectivity index (χ1v) is 8.70. The maximum absolute atomic E-state index is 5.34. The largest absolute Gasteiger partial charge is 0.379 e. The molecule has 1 saturated heterocycles. The zero-order chi connectivity index (χ0) is 17.2. The fraction of sp³-hybridized carbons (Fsp3) is 0.529. The number of ether oxygens (including phenoxy) is 1. The highest BCUT2D eigenvalue weighted by atomic mass is 32.1. The monoisotopic (exact) mass is 349 g/mol. The number of benzene rings is 1. The minimum Gasteiger partial charge on any atom is -0.379 e. The molecule has 6 nitrogen and oxygen atoms in total. The molecule has 1 aromatic carbocycles. The highest BCUT2D eigenvalue weighted by Gasteiger charge is 2.08. The quantitative estimate of drug-likeness (QED) is 0.335. The number of morpholine rings is 1. The van der Waals surface area contributed by atoms with Crippen molar-refractivity contribution in [2.24, 2.45) is 5.10 Å². The summed E-state index contributed by atoms with van der Waals surface area (Å²) >= 11 is 5.22. The van der Waals surface area contributed by atoms with Gasteiger partial charge < -0.3 is 15.0 Å². The van der Waals surface area contributed by atoms with E-state index in [0.29, 0.717) is 5.11 Å². The summed E-state index contributed by atoms with van der Waals surface area (Å²) in [5, 5.41) is 7.89. The Balaban J connectivity index is 1.60. The van der Waals surface area contributed by atoms with Crippen molar-refractivity contribution in [3.63, 3.8) is 0 Å². The molecule has 0 amide bonds. The summed E-state index contributed by atoms with van der Waals surface area (Å²) in [7, 11) is 4.04. The molecular weight excluding hydrogens is 322 g/mol. The number of hydrazone groups is 1. The van der Waals surface area contributed by atoms with Gasteiger partial charge in [0.25, 0.3) is 0 Å². The van der Waals surface area contributed by atoms with E-state index in [9.17, 15) is 0 Å². The fourth-order valence-electron chi connectivity index (χ4n) is 2.39. The summed E-state index contributed by atoms with van der Waals surface area (Å²) in [6.45, 7) is 5.66. The van der Waals surface area contributed by atoms with Gasteiger partial charge in [0.2, 0.25) is 0 Å². The van der Waals surface area contributed by atoms with E-state index >= 15 is 0 Å². The molecule has 0 aliphatic carbocycles. The first kappa shape index (κ1) is 18.6. The number of rotatable bonds is 7. The van der Waals surface area contributed by atoms with Gasteiger partial charge in [0.05, 0.1) is 19.4 Å². The Labute approximate surface area is 149 Å². The minimum absolute atomic E-state index is 0.554. The van der Waals surface area contributed by atoms with Gasteiger partial charge in [0.1, 0.15) is 0 Å². The SMILES string of the molecule is CN(C)c1ccc(C=NNC(=S)NCCCN2CCOCC2)cc1. The van der Waals surface area contributed by atoms with Crippen molar-refractivity contribution in [1.82, 2.24) is 15.6 Å². The van der Waals surface area contributed by atoms with E-state index in [1.807, 2.05) is 26.2 Å². The van der Waals surface area contributed by atoms with Gasteiger partial charge in [-0.15, -0.1) is 0 Å². The lowest BCUT2D eigenvalue weighted by atomic mass is 10.2. The first-order chi connectivity index (χ1) is 11.6. The molecule has 0 saturated carbocycles. The third-order valence-corrected chi connectivity index (χ3v) is 4.07. The van der Waals surface area contributed by atoms with Crippen LogP contribution < -0.4 is 15.6 Å². The van der Waals surface area contributed by atoms with Crippen LogP contribution >= 0.6 is 12.2 Å². The lowest BCUT2D eigenvalue weighted by molar-refractivity contribution is 0.0376. The van der Waals surface area contributed by atoms with Crippen molar-refractivity contribution < 1.29 is 4.74 Å². The molecule has 2 rings (SSSR count). The Morgan fingerprint density at radius 1 is 1.29 bits per heavy atom. The van der Waals surface area contributed by atoms with Crippen LogP contribution in [0.4, 0.5) is 5.69 Å². The van der Waals surface area contributed by atoms with Gasteiger partial charge in [-0.2, -0.15) is 5.10 Å². The van der Waals surface area contributed by atoms with Crippen LogP contribution in [-0.4, -0.2) is 69.7 Å². The molecule has 132 valence electrons. The van der Waals surface area contributed by atoms with Gasteiger partial charge in [-0.05, 0) is 42.9 Å². The number of thiocarbonyl (C=S) groups is 1. The average molecular weight is 350 g/mol. The molecule has 1 aromatic rings. The van der Waals surface area contributed by atoms with Crippen molar-refractivity contribution in [3.05, 3.63) is 29.8 Å². The molecule has 0 radical (unpaired) electrons. The summed E-state index contributed by atoms with van der Waals surface area (Å²) in [6, 6.07) is 8.17. The summed E-state index contributed by atoms with van der Waals surface area (Å²) in [4.78, 5) is 4.48. The number of hydrogen-bond donors (Lipinski definition) is 2. The van der Waals surface area contributed by atoms with Crippen molar-refractivity contribution in [1.29, 1.82) is 0 Å². The van der Waals surface area contributed by atoms with Gasteiger partial charge in [-0.1, -0.05) is 12.1 Å². The molecule has 0 unspecified atom stereocenters. The maximum Gasteiger partial charge on any atom is 0.186 e. The second kappa shape index (κ2) is 10.2. The standard InChI is InChI=1S/C17H27N5OS/c1-21(2)16-6-4-15(5-7-16)14-19-20-17(24)18-8-3-9-22-10-12-23-13-11-22/h4-7,14H,3,8-13H2,1-2H3,(H2,18,20,24).